The molecule has 2 amide bonds. The molecule has 0 aliphatic carbocycles. The molecule has 0 radical (unpaired) electrons. The van der Waals surface area contributed by atoms with Crippen molar-refractivity contribution < 1.29 is 23.9 Å². The minimum absolute atomic E-state index is 0.0247. The fourth-order valence-electron chi connectivity index (χ4n) is 4.67. The molecule has 5 rings (SSSR count). The molecule has 38 heavy (non-hydrogen) atoms. The van der Waals surface area contributed by atoms with Crippen LogP contribution in [0.25, 0.3) is 11.3 Å². The van der Waals surface area contributed by atoms with E-state index in [2.05, 4.69) is 15.5 Å². The summed E-state index contributed by atoms with van der Waals surface area (Å²) >= 11 is 0. The van der Waals surface area contributed by atoms with Crippen LogP contribution in [-0.4, -0.2) is 65.9 Å². The van der Waals surface area contributed by atoms with Gasteiger partial charge < -0.3 is 25.5 Å². The van der Waals surface area contributed by atoms with Crippen molar-refractivity contribution in [3.8, 4) is 0 Å². The second-order valence-electron chi connectivity index (χ2n) is 9.46. The molecule has 1 fully saturated rings. The first-order chi connectivity index (χ1) is 18.3. The molecule has 0 atom stereocenters. The number of halogens is 1. The summed E-state index contributed by atoms with van der Waals surface area (Å²) in [6.07, 6.45) is -0.120. The minimum Gasteiger partial charge on any atom is -0.481 e. The van der Waals surface area contributed by atoms with Crippen LogP contribution in [0.15, 0.2) is 66.7 Å². The molecule has 194 valence electrons. The van der Waals surface area contributed by atoms with Gasteiger partial charge in [0.25, 0.3) is 11.8 Å². The zero-order valence-electron chi connectivity index (χ0n) is 20.8. The van der Waals surface area contributed by atoms with E-state index in [0.717, 1.165) is 13.1 Å². The zero-order valence-corrected chi connectivity index (χ0v) is 20.8. The molecule has 2 aliphatic rings. The van der Waals surface area contributed by atoms with Crippen molar-refractivity contribution in [2.75, 3.05) is 43.9 Å². The molecule has 0 spiro atoms. The normalized spacial score (nSPS) is 16.6. The van der Waals surface area contributed by atoms with Crippen molar-refractivity contribution in [3.05, 3.63) is 94.8 Å². The molecule has 3 aromatic carbocycles. The molecular formula is C29H27FN4O4. The number of rotatable bonds is 6. The number of piperazine rings is 1. The monoisotopic (exact) mass is 514 g/mol. The Morgan fingerprint density at radius 1 is 0.947 bits per heavy atom. The molecule has 2 aliphatic heterocycles. The van der Waals surface area contributed by atoms with Gasteiger partial charge >= 0.3 is 5.97 Å². The van der Waals surface area contributed by atoms with Crippen LogP contribution < -0.4 is 10.6 Å². The molecule has 0 saturated carbocycles. The summed E-state index contributed by atoms with van der Waals surface area (Å²) in [4.78, 5) is 41.1. The molecule has 9 heteroatoms. The van der Waals surface area contributed by atoms with E-state index in [-0.39, 0.29) is 18.2 Å². The lowest BCUT2D eigenvalue weighted by molar-refractivity contribution is -0.136. The average molecular weight is 515 g/mol. The quantitative estimate of drug-likeness (QED) is 0.433. The summed E-state index contributed by atoms with van der Waals surface area (Å²) in [5.74, 6) is -1.81. The number of carboxylic acid groups (broad SMARTS) is 1. The number of benzene rings is 3. The summed E-state index contributed by atoms with van der Waals surface area (Å²) < 4.78 is 13.8. The Balaban J connectivity index is 1.48. The number of carbonyl (C=O) groups excluding carboxylic acids is 2. The number of fused-ring (bicyclic) bond motifs is 1. The van der Waals surface area contributed by atoms with Crippen LogP contribution in [-0.2, 0) is 16.0 Å². The van der Waals surface area contributed by atoms with Gasteiger partial charge in [-0.05, 0) is 60.6 Å². The molecule has 3 aromatic rings. The van der Waals surface area contributed by atoms with Gasteiger partial charge in [0.1, 0.15) is 5.82 Å². The van der Waals surface area contributed by atoms with Gasteiger partial charge in [-0.15, -0.1) is 0 Å². The largest absolute Gasteiger partial charge is 0.481 e. The summed E-state index contributed by atoms with van der Waals surface area (Å²) in [5.41, 5.74) is 4.24. The summed E-state index contributed by atoms with van der Waals surface area (Å²) in [7, 11) is 2.04. The number of anilines is 2. The molecule has 1 saturated heterocycles. The minimum atomic E-state index is -0.938. The third-order valence-electron chi connectivity index (χ3n) is 6.77. The zero-order chi connectivity index (χ0) is 26.8. The lowest BCUT2D eigenvalue weighted by Crippen LogP contribution is -2.47. The Bertz CT molecular complexity index is 1430. The number of nitrogens with zero attached hydrogens (tertiary/aromatic N) is 2. The first kappa shape index (κ1) is 25.2. The van der Waals surface area contributed by atoms with Crippen molar-refractivity contribution in [1.29, 1.82) is 0 Å². The summed E-state index contributed by atoms with van der Waals surface area (Å²) in [5, 5.41) is 15.1. The maximum absolute atomic E-state index is 13.8. The Morgan fingerprint density at radius 2 is 1.61 bits per heavy atom. The lowest BCUT2D eigenvalue weighted by Gasteiger charge is -2.32. The maximum atomic E-state index is 13.8. The second kappa shape index (κ2) is 10.5. The van der Waals surface area contributed by atoms with Crippen molar-refractivity contribution >= 4 is 40.4 Å². The van der Waals surface area contributed by atoms with Crippen molar-refractivity contribution in [3.63, 3.8) is 0 Å². The number of nitrogens with one attached hydrogen (secondary N) is 2. The first-order valence-corrected chi connectivity index (χ1v) is 12.3. The topological polar surface area (TPSA) is 102 Å². The lowest BCUT2D eigenvalue weighted by atomic mass is 9.98. The second-order valence-corrected chi connectivity index (χ2v) is 9.46. The number of amides is 2. The fourth-order valence-corrected chi connectivity index (χ4v) is 4.67. The molecule has 8 nitrogen and oxygen atoms in total. The third kappa shape index (κ3) is 5.28. The number of likely N-dealkylation sites (N-methyl/N-ethyl adjacent to an activating group) is 1. The van der Waals surface area contributed by atoms with E-state index in [9.17, 15) is 18.8 Å². The third-order valence-corrected chi connectivity index (χ3v) is 6.77. The highest BCUT2D eigenvalue weighted by Gasteiger charge is 2.29. The van der Waals surface area contributed by atoms with Crippen molar-refractivity contribution in [2.24, 2.45) is 0 Å². The van der Waals surface area contributed by atoms with Crippen LogP contribution in [0.5, 0.6) is 0 Å². The average Bonchev–Trinajstić information content (AvgIpc) is 3.22. The van der Waals surface area contributed by atoms with Crippen LogP contribution in [0, 0.1) is 5.82 Å². The van der Waals surface area contributed by atoms with Gasteiger partial charge in [-0.2, -0.15) is 0 Å². The van der Waals surface area contributed by atoms with E-state index in [1.165, 1.54) is 12.1 Å². The van der Waals surface area contributed by atoms with Gasteiger partial charge in [0.15, 0.2) is 0 Å². The van der Waals surface area contributed by atoms with E-state index >= 15 is 0 Å². The number of carbonyl (C=O) groups is 3. The van der Waals surface area contributed by atoms with Gasteiger partial charge in [-0.3, -0.25) is 14.4 Å². The first-order valence-electron chi connectivity index (χ1n) is 12.3. The Kier molecular flexibility index (Phi) is 6.93. The molecule has 2 heterocycles. The van der Waals surface area contributed by atoms with Crippen LogP contribution in [0.2, 0.25) is 0 Å². The smallest absolute Gasteiger partial charge is 0.307 e. The highest BCUT2D eigenvalue weighted by atomic mass is 19.1. The standard InChI is InChI=1S/C29H27FN4O4/c1-33-12-14-34(15-13-33)29(38)20-6-9-22(10-7-20)31-27(19-4-2-18(3-5-19)16-25(35)36)26-23-11-8-21(30)17-24(23)32-28(26)37/h2-11,17,31H,12-16H2,1H3,(H,32,37)(H,35,36). The predicted octanol–water partition coefficient (Wildman–Crippen LogP) is 3.77. The highest BCUT2D eigenvalue weighted by Crippen LogP contribution is 2.38. The van der Waals surface area contributed by atoms with Crippen LogP contribution in [0.3, 0.4) is 0 Å². The van der Waals surface area contributed by atoms with Crippen molar-refractivity contribution in [1.82, 2.24) is 9.80 Å². The number of hydrogen-bond donors (Lipinski definition) is 3. The van der Waals surface area contributed by atoms with Crippen LogP contribution in [0.1, 0.15) is 27.0 Å². The molecule has 0 aromatic heterocycles. The van der Waals surface area contributed by atoms with E-state index in [4.69, 9.17) is 5.11 Å². The van der Waals surface area contributed by atoms with E-state index in [1.54, 1.807) is 54.6 Å². The van der Waals surface area contributed by atoms with Gasteiger partial charge in [-0.25, -0.2) is 4.39 Å². The van der Waals surface area contributed by atoms with E-state index in [1.807, 2.05) is 11.9 Å². The Labute approximate surface area is 219 Å². The maximum Gasteiger partial charge on any atom is 0.307 e. The fraction of sp³-hybridized carbons (Fsp3) is 0.207. The SMILES string of the molecule is CN1CCN(C(=O)c2ccc(NC(=C3C(=O)Nc4cc(F)ccc43)c3ccc(CC(=O)O)cc3)cc2)CC1. The molecule has 0 bridgehead atoms. The van der Waals surface area contributed by atoms with E-state index in [0.29, 0.717) is 58.0 Å². The van der Waals surface area contributed by atoms with Crippen LogP contribution in [0.4, 0.5) is 15.8 Å². The van der Waals surface area contributed by atoms with Crippen molar-refractivity contribution in [2.45, 2.75) is 6.42 Å². The Morgan fingerprint density at radius 3 is 2.26 bits per heavy atom. The number of aliphatic carboxylic acids is 1. The van der Waals surface area contributed by atoms with Gasteiger partial charge in [0.2, 0.25) is 0 Å². The van der Waals surface area contributed by atoms with Crippen LogP contribution >= 0.6 is 0 Å². The molecule has 3 N–H and O–H groups in total. The van der Waals surface area contributed by atoms with Gasteiger partial charge in [0, 0.05) is 43.0 Å². The van der Waals surface area contributed by atoms with Gasteiger partial charge in [-0.1, -0.05) is 24.3 Å². The number of carboxylic acids is 1. The summed E-state index contributed by atoms with van der Waals surface area (Å²) in [6.45, 7) is 3.03. The van der Waals surface area contributed by atoms with E-state index < -0.39 is 11.8 Å². The summed E-state index contributed by atoms with van der Waals surface area (Å²) in [6, 6.07) is 18.1. The highest BCUT2D eigenvalue weighted by molar-refractivity contribution is 6.37. The molecular weight excluding hydrogens is 487 g/mol. The molecule has 0 unspecified atom stereocenters. The number of hydrogen-bond acceptors (Lipinski definition) is 5. The Hall–Kier alpha value is -4.50. The van der Waals surface area contributed by atoms with Gasteiger partial charge in [0.05, 0.1) is 23.4 Å². The predicted molar refractivity (Wildman–Crippen MR) is 143 cm³/mol.